The molecule has 102 valence electrons. The molecule has 3 rings (SSSR count). The SMILES string of the molecule is O=C(Nc1ccc(-c2ccncc2)cc1)c1ccccc1. The first kappa shape index (κ1) is 13.1. The second-order valence-electron chi connectivity index (χ2n) is 4.63. The summed E-state index contributed by atoms with van der Waals surface area (Å²) >= 11 is 0. The molecule has 1 N–H and O–H groups in total. The highest BCUT2D eigenvalue weighted by molar-refractivity contribution is 6.04. The lowest BCUT2D eigenvalue weighted by atomic mass is 10.1. The average Bonchev–Trinajstić information content (AvgIpc) is 2.57. The minimum atomic E-state index is -0.104. The average molecular weight is 274 g/mol. The lowest BCUT2D eigenvalue weighted by molar-refractivity contribution is 0.102. The highest BCUT2D eigenvalue weighted by atomic mass is 16.1. The Kier molecular flexibility index (Phi) is 3.74. The number of carbonyl (C=O) groups is 1. The van der Waals surface area contributed by atoms with E-state index in [1.54, 1.807) is 24.5 Å². The Hall–Kier alpha value is -2.94. The molecule has 0 spiro atoms. The monoisotopic (exact) mass is 274 g/mol. The normalized spacial score (nSPS) is 10.1. The number of carbonyl (C=O) groups excluding carboxylic acids is 1. The molecule has 0 atom stereocenters. The Balaban J connectivity index is 1.75. The maximum Gasteiger partial charge on any atom is 0.255 e. The van der Waals surface area contributed by atoms with Gasteiger partial charge in [-0.05, 0) is 47.5 Å². The van der Waals surface area contributed by atoms with Crippen LogP contribution in [-0.4, -0.2) is 10.9 Å². The number of amides is 1. The number of hydrogen-bond donors (Lipinski definition) is 1. The topological polar surface area (TPSA) is 42.0 Å². The molecule has 1 heterocycles. The number of nitrogens with one attached hydrogen (secondary N) is 1. The molecule has 0 aliphatic heterocycles. The highest BCUT2D eigenvalue weighted by Gasteiger charge is 2.05. The van der Waals surface area contributed by atoms with Gasteiger partial charge < -0.3 is 5.32 Å². The Morgan fingerprint density at radius 1 is 0.762 bits per heavy atom. The molecule has 3 aromatic rings. The predicted molar refractivity (Wildman–Crippen MR) is 84.1 cm³/mol. The third-order valence-electron chi connectivity index (χ3n) is 3.19. The number of anilines is 1. The molecule has 1 aromatic heterocycles. The van der Waals surface area contributed by atoms with Gasteiger partial charge in [-0.1, -0.05) is 30.3 Å². The van der Waals surface area contributed by atoms with E-state index in [1.165, 1.54) is 0 Å². The largest absolute Gasteiger partial charge is 0.322 e. The van der Waals surface area contributed by atoms with Crippen LogP contribution in [0.1, 0.15) is 10.4 Å². The third-order valence-corrected chi connectivity index (χ3v) is 3.19. The summed E-state index contributed by atoms with van der Waals surface area (Å²) in [5.41, 5.74) is 3.62. The summed E-state index contributed by atoms with van der Waals surface area (Å²) in [6, 6.07) is 20.8. The Bertz CT molecular complexity index is 722. The maximum atomic E-state index is 12.0. The predicted octanol–water partition coefficient (Wildman–Crippen LogP) is 4.00. The van der Waals surface area contributed by atoms with Gasteiger partial charge in [0.05, 0.1) is 0 Å². The molecule has 0 aliphatic carbocycles. The first-order valence-corrected chi connectivity index (χ1v) is 6.70. The van der Waals surface area contributed by atoms with E-state index in [4.69, 9.17) is 0 Å². The van der Waals surface area contributed by atoms with Crippen LogP contribution in [0.2, 0.25) is 0 Å². The first-order valence-electron chi connectivity index (χ1n) is 6.70. The minimum Gasteiger partial charge on any atom is -0.322 e. The van der Waals surface area contributed by atoms with Gasteiger partial charge in [0, 0.05) is 23.6 Å². The molecular weight excluding hydrogens is 260 g/mol. The van der Waals surface area contributed by atoms with E-state index >= 15 is 0 Å². The van der Waals surface area contributed by atoms with Gasteiger partial charge in [-0.3, -0.25) is 9.78 Å². The van der Waals surface area contributed by atoms with E-state index < -0.39 is 0 Å². The molecule has 0 aliphatic rings. The Morgan fingerprint density at radius 2 is 1.38 bits per heavy atom. The number of pyridine rings is 1. The molecule has 0 saturated carbocycles. The maximum absolute atomic E-state index is 12.0. The van der Waals surface area contributed by atoms with Crippen LogP contribution in [-0.2, 0) is 0 Å². The van der Waals surface area contributed by atoms with E-state index in [0.717, 1.165) is 16.8 Å². The zero-order valence-corrected chi connectivity index (χ0v) is 11.4. The standard InChI is InChI=1S/C18H14N2O/c21-18(16-4-2-1-3-5-16)20-17-8-6-14(7-9-17)15-10-12-19-13-11-15/h1-13H,(H,20,21). The van der Waals surface area contributed by atoms with Gasteiger partial charge in [-0.15, -0.1) is 0 Å². The van der Waals surface area contributed by atoms with E-state index in [9.17, 15) is 4.79 Å². The summed E-state index contributed by atoms with van der Waals surface area (Å²) in [4.78, 5) is 16.1. The quantitative estimate of drug-likeness (QED) is 0.784. The molecular formula is C18H14N2O. The first-order chi connectivity index (χ1) is 10.3. The second-order valence-corrected chi connectivity index (χ2v) is 4.63. The van der Waals surface area contributed by atoms with Gasteiger partial charge >= 0.3 is 0 Å². The summed E-state index contributed by atoms with van der Waals surface area (Å²) in [6.07, 6.45) is 3.53. The van der Waals surface area contributed by atoms with Gasteiger partial charge in [0.2, 0.25) is 0 Å². The van der Waals surface area contributed by atoms with Crippen molar-refractivity contribution in [2.24, 2.45) is 0 Å². The molecule has 0 fully saturated rings. The lowest BCUT2D eigenvalue weighted by Crippen LogP contribution is -2.11. The van der Waals surface area contributed by atoms with Gasteiger partial charge in [-0.2, -0.15) is 0 Å². The van der Waals surface area contributed by atoms with Crippen LogP contribution in [0.3, 0.4) is 0 Å². The Morgan fingerprint density at radius 3 is 2.05 bits per heavy atom. The van der Waals surface area contributed by atoms with Crippen LogP contribution < -0.4 is 5.32 Å². The number of nitrogens with zero attached hydrogens (tertiary/aromatic N) is 1. The van der Waals surface area contributed by atoms with Crippen LogP contribution in [0.25, 0.3) is 11.1 Å². The van der Waals surface area contributed by atoms with E-state index in [1.807, 2.05) is 54.6 Å². The van der Waals surface area contributed by atoms with Gasteiger partial charge in [0.1, 0.15) is 0 Å². The number of rotatable bonds is 3. The molecule has 2 aromatic carbocycles. The summed E-state index contributed by atoms with van der Waals surface area (Å²) in [5.74, 6) is -0.104. The fourth-order valence-electron chi connectivity index (χ4n) is 2.08. The summed E-state index contributed by atoms with van der Waals surface area (Å²) in [7, 11) is 0. The van der Waals surface area contributed by atoms with Crippen molar-refractivity contribution in [2.75, 3.05) is 5.32 Å². The molecule has 1 amide bonds. The molecule has 0 saturated heterocycles. The number of benzene rings is 2. The van der Waals surface area contributed by atoms with Crippen molar-refractivity contribution in [1.82, 2.24) is 4.98 Å². The zero-order valence-electron chi connectivity index (χ0n) is 11.4. The van der Waals surface area contributed by atoms with Crippen LogP contribution in [0.5, 0.6) is 0 Å². The highest BCUT2D eigenvalue weighted by Crippen LogP contribution is 2.20. The molecule has 0 radical (unpaired) electrons. The van der Waals surface area contributed by atoms with Crippen molar-refractivity contribution in [3.63, 3.8) is 0 Å². The van der Waals surface area contributed by atoms with Crippen molar-refractivity contribution in [2.45, 2.75) is 0 Å². The molecule has 21 heavy (non-hydrogen) atoms. The number of hydrogen-bond acceptors (Lipinski definition) is 2. The van der Waals surface area contributed by atoms with Gasteiger partial charge in [0.15, 0.2) is 0 Å². The minimum absolute atomic E-state index is 0.104. The van der Waals surface area contributed by atoms with E-state index in [2.05, 4.69) is 10.3 Å². The fraction of sp³-hybridized carbons (Fsp3) is 0. The van der Waals surface area contributed by atoms with Crippen molar-refractivity contribution in [3.8, 4) is 11.1 Å². The van der Waals surface area contributed by atoms with Crippen LogP contribution >= 0.6 is 0 Å². The third kappa shape index (κ3) is 3.15. The van der Waals surface area contributed by atoms with Crippen molar-refractivity contribution in [3.05, 3.63) is 84.7 Å². The summed E-state index contributed by atoms with van der Waals surface area (Å²) in [6.45, 7) is 0. The van der Waals surface area contributed by atoms with Crippen LogP contribution in [0.15, 0.2) is 79.1 Å². The van der Waals surface area contributed by atoms with Crippen molar-refractivity contribution in [1.29, 1.82) is 0 Å². The molecule has 0 unspecified atom stereocenters. The van der Waals surface area contributed by atoms with Gasteiger partial charge in [-0.25, -0.2) is 0 Å². The van der Waals surface area contributed by atoms with E-state index in [-0.39, 0.29) is 5.91 Å². The smallest absolute Gasteiger partial charge is 0.255 e. The summed E-state index contributed by atoms with van der Waals surface area (Å²) in [5, 5.41) is 2.89. The molecule has 0 bridgehead atoms. The second kappa shape index (κ2) is 6.01. The van der Waals surface area contributed by atoms with Crippen LogP contribution in [0.4, 0.5) is 5.69 Å². The Labute approximate surface area is 123 Å². The number of aromatic nitrogens is 1. The fourth-order valence-corrected chi connectivity index (χ4v) is 2.08. The summed E-state index contributed by atoms with van der Waals surface area (Å²) < 4.78 is 0. The molecule has 3 nitrogen and oxygen atoms in total. The van der Waals surface area contributed by atoms with Crippen molar-refractivity contribution >= 4 is 11.6 Å². The lowest BCUT2D eigenvalue weighted by Gasteiger charge is -2.06. The van der Waals surface area contributed by atoms with E-state index in [0.29, 0.717) is 5.56 Å². The van der Waals surface area contributed by atoms with Crippen molar-refractivity contribution < 1.29 is 4.79 Å². The van der Waals surface area contributed by atoms with Crippen LogP contribution in [0, 0.1) is 0 Å². The molecule has 3 heteroatoms. The van der Waals surface area contributed by atoms with Gasteiger partial charge in [0.25, 0.3) is 5.91 Å². The zero-order chi connectivity index (χ0) is 14.5.